The number of rotatable bonds is 8. The number of carbonyl (C=O) groups is 1. The summed E-state index contributed by atoms with van der Waals surface area (Å²) in [6.45, 7) is 5.01. The van der Waals surface area contributed by atoms with Crippen LogP contribution in [0.25, 0.3) is 0 Å². The Hall–Kier alpha value is -2.10. The number of nitrogens with one attached hydrogen (secondary N) is 1. The third kappa shape index (κ3) is 5.26. The number of benzene rings is 1. The van der Waals surface area contributed by atoms with Crippen LogP contribution in [0.3, 0.4) is 0 Å². The molecule has 0 aliphatic heterocycles. The van der Waals surface area contributed by atoms with Crippen molar-refractivity contribution in [3.05, 3.63) is 29.8 Å². The maximum Gasteiger partial charge on any atom is 0.265 e. The summed E-state index contributed by atoms with van der Waals surface area (Å²) < 4.78 is 5.60. The van der Waals surface area contributed by atoms with E-state index in [1.54, 1.807) is 24.3 Å². The molecule has 108 valence electrons. The molecule has 6 nitrogen and oxygen atoms in total. The molecule has 0 heterocycles. The van der Waals surface area contributed by atoms with Crippen LogP contribution in [0, 0.1) is 11.3 Å². The van der Waals surface area contributed by atoms with E-state index >= 15 is 0 Å². The van der Waals surface area contributed by atoms with Crippen LogP contribution in [-0.2, 0) is 0 Å². The van der Waals surface area contributed by atoms with Crippen molar-refractivity contribution >= 4 is 5.91 Å². The minimum absolute atomic E-state index is 0.329. The molecule has 0 radical (unpaired) electrons. The molecule has 0 fully saturated rings. The molecule has 0 saturated carbocycles. The number of nitrogens with zero attached hydrogens (tertiary/aromatic N) is 2. The highest BCUT2D eigenvalue weighted by molar-refractivity contribution is 5.93. The maximum atomic E-state index is 11.3. The molecule has 6 heteroatoms. The summed E-state index contributed by atoms with van der Waals surface area (Å²) in [7, 11) is 0. The van der Waals surface area contributed by atoms with Gasteiger partial charge >= 0.3 is 0 Å². The van der Waals surface area contributed by atoms with Crippen molar-refractivity contribution in [2.75, 3.05) is 26.2 Å². The van der Waals surface area contributed by atoms with Gasteiger partial charge in [0.05, 0.1) is 6.07 Å². The Kier molecular flexibility index (Phi) is 7.11. The second-order valence-corrected chi connectivity index (χ2v) is 4.19. The summed E-state index contributed by atoms with van der Waals surface area (Å²) in [6, 6.07) is 8.91. The first kappa shape index (κ1) is 16.0. The number of hydrazine groups is 1. The first-order valence-electron chi connectivity index (χ1n) is 6.54. The van der Waals surface area contributed by atoms with Crippen LogP contribution in [0.5, 0.6) is 5.75 Å². The molecule has 0 atom stereocenters. The van der Waals surface area contributed by atoms with Gasteiger partial charge in [0, 0.05) is 25.1 Å². The van der Waals surface area contributed by atoms with Crippen molar-refractivity contribution in [2.45, 2.75) is 13.3 Å². The Morgan fingerprint density at radius 3 is 2.65 bits per heavy atom. The maximum absolute atomic E-state index is 11.3. The highest BCUT2D eigenvalue weighted by Crippen LogP contribution is 2.12. The van der Waals surface area contributed by atoms with Crippen molar-refractivity contribution in [2.24, 2.45) is 5.84 Å². The molecule has 0 bridgehead atoms. The predicted octanol–water partition coefficient (Wildman–Crippen LogP) is 0.904. The van der Waals surface area contributed by atoms with Gasteiger partial charge in [-0.3, -0.25) is 15.1 Å². The standard InChI is InChI=1S/C14H20N4O2/c1-2-18(9-3-8-15)10-11-20-13-6-4-12(5-7-13)14(19)17-16/h4-7H,2-3,9-11,16H2,1H3,(H,17,19). The van der Waals surface area contributed by atoms with E-state index in [9.17, 15) is 4.79 Å². The van der Waals surface area contributed by atoms with Crippen molar-refractivity contribution in [1.82, 2.24) is 10.3 Å². The lowest BCUT2D eigenvalue weighted by molar-refractivity contribution is 0.0953. The van der Waals surface area contributed by atoms with Crippen molar-refractivity contribution in [3.63, 3.8) is 0 Å². The fraction of sp³-hybridized carbons (Fsp3) is 0.429. The van der Waals surface area contributed by atoms with Gasteiger partial charge in [0.25, 0.3) is 5.91 Å². The van der Waals surface area contributed by atoms with Crippen LogP contribution < -0.4 is 16.0 Å². The average Bonchev–Trinajstić information content (AvgIpc) is 2.50. The van der Waals surface area contributed by atoms with Crippen LogP contribution in [-0.4, -0.2) is 37.0 Å². The summed E-state index contributed by atoms with van der Waals surface area (Å²) in [4.78, 5) is 13.4. The summed E-state index contributed by atoms with van der Waals surface area (Å²) >= 11 is 0. The first-order valence-corrected chi connectivity index (χ1v) is 6.54. The van der Waals surface area contributed by atoms with Gasteiger partial charge < -0.3 is 4.74 Å². The summed E-state index contributed by atoms with van der Waals surface area (Å²) in [5, 5.41) is 8.56. The number of hydrogen-bond acceptors (Lipinski definition) is 5. The second-order valence-electron chi connectivity index (χ2n) is 4.19. The van der Waals surface area contributed by atoms with Crippen LogP contribution >= 0.6 is 0 Å². The molecule has 0 unspecified atom stereocenters. The smallest absolute Gasteiger partial charge is 0.265 e. The molecule has 0 saturated heterocycles. The fourth-order valence-electron chi connectivity index (χ4n) is 1.71. The molecule has 1 amide bonds. The van der Waals surface area contributed by atoms with E-state index < -0.39 is 0 Å². The number of carbonyl (C=O) groups excluding carboxylic acids is 1. The third-order valence-electron chi connectivity index (χ3n) is 2.91. The largest absolute Gasteiger partial charge is 0.492 e. The van der Waals surface area contributed by atoms with Crippen LogP contribution in [0.15, 0.2) is 24.3 Å². The predicted molar refractivity (Wildman–Crippen MR) is 75.9 cm³/mol. The van der Waals surface area contributed by atoms with E-state index in [-0.39, 0.29) is 5.91 Å². The minimum atomic E-state index is -0.329. The lowest BCUT2D eigenvalue weighted by Gasteiger charge is -2.18. The number of nitrogen functional groups attached to an aromatic ring is 1. The third-order valence-corrected chi connectivity index (χ3v) is 2.91. The number of hydrogen-bond donors (Lipinski definition) is 2. The fourth-order valence-corrected chi connectivity index (χ4v) is 1.71. The summed E-state index contributed by atoms with van der Waals surface area (Å²) in [5.74, 6) is 5.43. The SMILES string of the molecule is CCN(CCC#N)CCOc1ccc(C(=O)NN)cc1. The highest BCUT2D eigenvalue weighted by atomic mass is 16.5. The summed E-state index contributed by atoms with van der Waals surface area (Å²) in [5.41, 5.74) is 2.56. The van der Waals surface area contributed by atoms with Gasteiger partial charge in [-0.15, -0.1) is 0 Å². The van der Waals surface area contributed by atoms with Crippen molar-refractivity contribution in [3.8, 4) is 11.8 Å². The van der Waals surface area contributed by atoms with E-state index in [0.717, 1.165) is 19.6 Å². The molecule has 1 aromatic rings. The van der Waals surface area contributed by atoms with Crippen LogP contribution in [0.2, 0.25) is 0 Å². The normalized spacial score (nSPS) is 10.1. The minimum Gasteiger partial charge on any atom is -0.492 e. The van der Waals surface area contributed by atoms with Gasteiger partial charge in [0.2, 0.25) is 0 Å². The zero-order valence-corrected chi connectivity index (χ0v) is 11.6. The van der Waals surface area contributed by atoms with Gasteiger partial charge in [-0.05, 0) is 30.8 Å². The quantitative estimate of drug-likeness (QED) is 0.418. The van der Waals surface area contributed by atoms with E-state index in [2.05, 4.69) is 23.3 Å². The van der Waals surface area contributed by atoms with E-state index in [0.29, 0.717) is 24.3 Å². The molecule has 1 rings (SSSR count). The van der Waals surface area contributed by atoms with E-state index in [4.69, 9.17) is 15.8 Å². The summed E-state index contributed by atoms with van der Waals surface area (Å²) in [6.07, 6.45) is 0.525. The zero-order valence-electron chi connectivity index (χ0n) is 11.6. The van der Waals surface area contributed by atoms with Crippen LogP contribution in [0.4, 0.5) is 0 Å². The number of likely N-dealkylation sites (N-methyl/N-ethyl adjacent to an activating group) is 1. The monoisotopic (exact) mass is 276 g/mol. The molecule has 0 spiro atoms. The van der Waals surface area contributed by atoms with Crippen molar-refractivity contribution in [1.29, 1.82) is 5.26 Å². The molecular formula is C14H20N4O2. The average molecular weight is 276 g/mol. The zero-order chi connectivity index (χ0) is 14.8. The van der Waals surface area contributed by atoms with Gasteiger partial charge in [0.1, 0.15) is 12.4 Å². The Bertz CT molecular complexity index is 453. The molecule has 3 N–H and O–H groups in total. The highest BCUT2D eigenvalue weighted by Gasteiger charge is 2.04. The topological polar surface area (TPSA) is 91.4 Å². The van der Waals surface area contributed by atoms with E-state index in [1.165, 1.54) is 0 Å². The molecular weight excluding hydrogens is 256 g/mol. The van der Waals surface area contributed by atoms with Gasteiger partial charge in [-0.25, -0.2) is 5.84 Å². The molecule has 0 aliphatic rings. The Morgan fingerprint density at radius 2 is 2.10 bits per heavy atom. The Balaban J connectivity index is 2.38. The Labute approximate surface area is 119 Å². The van der Waals surface area contributed by atoms with Crippen molar-refractivity contribution < 1.29 is 9.53 Å². The molecule has 0 aromatic heterocycles. The van der Waals surface area contributed by atoms with Gasteiger partial charge in [-0.1, -0.05) is 6.92 Å². The molecule has 0 aliphatic carbocycles. The molecule has 20 heavy (non-hydrogen) atoms. The number of nitrogens with two attached hydrogens (primary N) is 1. The van der Waals surface area contributed by atoms with E-state index in [1.807, 2.05) is 0 Å². The van der Waals surface area contributed by atoms with Gasteiger partial charge in [0.15, 0.2) is 0 Å². The Morgan fingerprint density at radius 1 is 1.40 bits per heavy atom. The number of ether oxygens (including phenoxy) is 1. The first-order chi connectivity index (χ1) is 9.71. The number of amides is 1. The second kappa shape index (κ2) is 8.91. The van der Waals surface area contributed by atoms with Crippen LogP contribution in [0.1, 0.15) is 23.7 Å². The lowest BCUT2D eigenvalue weighted by atomic mass is 10.2. The molecule has 1 aromatic carbocycles. The van der Waals surface area contributed by atoms with Gasteiger partial charge in [-0.2, -0.15) is 5.26 Å². The number of nitriles is 1. The lowest BCUT2D eigenvalue weighted by Crippen LogP contribution is -2.30.